The molecule has 1 aliphatic carbocycles. The van der Waals surface area contributed by atoms with Gasteiger partial charge in [0.15, 0.2) is 0 Å². The zero-order valence-corrected chi connectivity index (χ0v) is 11.9. The number of anilines is 1. The molecule has 2 nitrogen and oxygen atoms in total. The van der Waals surface area contributed by atoms with E-state index in [1.54, 1.807) is 0 Å². The van der Waals surface area contributed by atoms with Crippen LogP contribution in [-0.4, -0.2) is 5.91 Å². The Morgan fingerprint density at radius 1 is 1.11 bits per heavy atom. The largest absolute Gasteiger partial charge is 0.326 e. The van der Waals surface area contributed by atoms with Crippen LogP contribution in [0.4, 0.5) is 5.69 Å². The second kappa shape index (κ2) is 5.17. The molecule has 0 heterocycles. The van der Waals surface area contributed by atoms with Gasteiger partial charge in [0.05, 0.1) is 0 Å². The first-order valence-electron chi connectivity index (χ1n) is 6.35. The highest BCUT2D eigenvalue weighted by Crippen LogP contribution is 2.47. The van der Waals surface area contributed by atoms with Crippen LogP contribution in [0, 0.1) is 5.92 Å². The van der Waals surface area contributed by atoms with E-state index in [-0.39, 0.29) is 11.8 Å². The molecule has 2 aromatic carbocycles. The molecule has 3 rings (SSSR count). The van der Waals surface area contributed by atoms with E-state index in [0.29, 0.717) is 5.92 Å². The number of amides is 1. The summed E-state index contributed by atoms with van der Waals surface area (Å²) in [5, 5.41) is 2.98. The van der Waals surface area contributed by atoms with Gasteiger partial charge in [-0.25, -0.2) is 0 Å². The molecular formula is C16H14BrNO. The second-order valence-electron chi connectivity index (χ2n) is 4.86. The number of hydrogen-bond acceptors (Lipinski definition) is 1. The fraction of sp³-hybridized carbons (Fsp3) is 0.188. The molecule has 1 saturated carbocycles. The summed E-state index contributed by atoms with van der Waals surface area (Å²) in [4.78, 5) is 12.1. The van der Waals surface area contributed by atoms with Crippen molar-refractivity contribution in [2.45, 2.75) is 12.3 Å². The molecule has 0 aromatic heterocycles. The maximum absolute atomic E-state index is 12.1. The summed E-state index contributed by atoms with van der Waals surface area (Å²) in [6.45, 7) is 0. The first kappa shape index (κ1) is 12.4. The summed E-state index contributed by atoms with van der Waals surface area (Å²) < 4.78 is 0.973. The molecule has 0 bridgehead atoms. The Labute approximate surface area is 121 Å². The molecular weight excluding hydrogens is 302 g/mol. The number of carbonyl (C=O) groups excluding carboxylic acids is 1. The first-order chi connectivity index (χ1) is 9.24. The minimum absolute atomic E-state index is 0.112. The quantitative estimate of drug-likeness (QED) is 0.904. The van der Waals surface area contributed by atoms with Crippen molar-refractivity contribution in [1.82, 2.24) is 0 Å². The molecule has 2 aromatic rings. The van der Waals surface area contributed by atoms with E-state index in [1.807, 2.05) is 42.5 Å². The maximum Gasteiger partial charge on any atom is 0.228 e. The van der Waals surface area contributed by atoms with Gasteiger partial charge in [0.2, 0.25) is 5.91 Å². The second-order valence-corrected chi connectivity index (χ2v) is 5.77. The van der Waals surface area contributed by atoms with Crippen molar-refractivity contribution in [3.63, 3.8) is 0 Å². The smallest absolute Gasteiger partial charge is 0.228 e. The normalized spacial score (nSPS) is 20.9. The Morgan fingerprint density at radius 3 is 2.63 bits per heavy atom. The standard InChI is InChI=1S/C16H14BrNO/c17-12-7-4-8-13(9-12)18-16(19)15-10-14(15)11-5-2-1-3-6-11/h1-9,14-15H,10H2,(H,18,19). The van der Waals surface area contributed by atoms with E-state index in [1.165, 1.54) is 5.56 Å². The van der Waals surface area contributed by atoms with Crippen LogP contribution in [0.1, 0.15) is 17.9 Å². The SMILES string of the molecule is O=C(Nc1cccc(Br)c1)C1CC1c1ccccc1. The minimum atomic E-state index is 0.112. The third kappa shape index (κ3) is 2.87. The Morgan fingerprint density at radius 2 is 1.89 bits per heavy atom. The van der Waals surface area contributed by atoms with E-state index < -0.39 is 0 Å². The van der Waals surface area contributed by atoms with Crippen LogP contribution < -0.4 is 5.32 Å². The van der Waals surface area contributed by atoms with Gasteiger partial charge in [-0.15, -0.1) is 0 Å². The van der Waals surface area contributed by atoms with Crippen LogP contribution in [0.5, 0.6) is 0 Å². The zero-order chi connectivity index (χ0) is 13.2. The third-order valence-electron chi connectivity index (χ3n) is 3.45. The van der Waals surface area contributed by atoms with Crippen LogP contribution in [0.25, 0.3) is 0 Å². The van der Waals surface area contributed by atoms with Crippen molar-refractivity contribution >= 4 is 27.5 Å². The highest BCUT2D eigenvalue weighted by molar-refractivity contribution is 9.10. The van der Waals surface area contributed by atoms with Crippen molar-refractivity contribution in [2.24, 2.45) is 5.92 Å². The van der Waals surface area contributed by atoms with Crippen molar-refractivity contribution in [1.29, 1.82) is 0 Å². The number of halogens is 1. The van der Waals surface area contributed by atoms with Gasteiger partial charge < -0.3 is 5.32 Å². The molecule has 1 N–H and O–H groups in total. The number of rotatable bonds is 3. The number of benzene rings is 2. The van der Waals surface area contributed by atoms with Crippen LogP contribution in [0.2, 0.25) is 0 Å². The first-order valence-corrected chi connectivity index (χ1v) is 7.15. The van der Waals surface area contributed by atoms with E-state index in [9.17, 15) is 4.79 Å². The van der Waals surface area contributed by atoms with Crippen LogP contribution in [-0.2, 0) is 4.79 Å². The predicted octanol–water partition coefficient (Wildman–Crippen LogP) is 4.19. The van der Waals surface area contributed by atoms with Gasteiger partial charge in [-0.05, 0) is 36.1 Å². The van der Waals surface area contributed by atoms with Gasteiger partial charge >= 0.3 is 0 Å². The van der Waals surface area contributed by atoms with E-state index in [0.717, 1.165) is 16.6 Å². The van der Waals surface area contributed by atoms with Gasteiger partial charge in [-0.2, -0.15) is 0 Å². The molecule has 0 aliphatic heterocycles. The van der Waals surface area contributed by atoms with Crippen molar-refractivity contribution < 1.29 is 4.79 Å². The van der Waals surface area contributed by atoms with Crippen LogP contribution in [0.3, 0.4) is 0 Å². The van der Waals surface area contributed by atoms with Gasteiger partial charge in [0, 0.05) is 16.1 Å². The third-order valence-corrected chi connectivity index (χ3v) is 3.94. The zero-order valence-electron chi connectivity index (χ0n) is 10.3. The lowest BCUT2D eigenvalue weighted by atomic mass is 10.1. The number of nitrogens with one attached hydrogen (secondary N) is 1. The average Bonchev–Trinajstić information content (AvgIpc) is 3.20. The summed E-state index contributed by atoms with van der Waals surface area (Å²) in [7, 11) is 0. The van der Waals surface area contributed by atoms with Crippen molar-refractivity contribution in [3.05, 3.63) is 64.6 Å². The summed E-state index contributed by atoms with van der Waals surface area (Å²) in [5.74, 6) is 0.613. The summed E-state index contributed by atoms with van der Waals surface area (Å²) in [5.41, 5.74) is 2.11. The lowest BCUT2D eigenvalue weighted by molar-refractivity contribution is -0.117. The molecule has 96 valence electrons. The maximum atomic E-state index is 12.1. The topological polar surface area (TPSA) is 29.1 Å². The van der Waals surface area contributed by atoms with Gasteiger partial charge in [0.1, 0.15) is 0 Å². The molecule has 19 heavy (non-hydrogen) atoms. The predicted molar refractivity (Wildman–Crippen MR) is 80.1 cm³/mol. The average molecular weight is 316 g/mol. The summed E-state index contributed by atoms with van der Waals surface area (Å²) in [6, 6.07) is 17.9. The Hall–Kier alpha value is -1.61. The van der Waals surface area contributed by atoms with E-state index in [2.05, 4.69) is 33.4 Å². The Balaban J connectivity index is 1.64. The fourth-order valence-electron chi connectivity index (χ4n) is 2.35. The molecule has 2 unspecified atom stereocenters. The lowest BCUT2D eigenvalue weighted by Crippen LogP contribution is -2.14. The molecule has 1 fully saturated rings. The van der Waals surface area contributed by atoms with E-state index >= 15 is 0 Å². The molecule has 1 amide bonds. The van der Waals surface area contributed by atoms with Crippen molar-refractivity contribution in [3.8, 4) is 0 Å². The summed E-state index contributed by atoms with van der Waals surface area (Å²) >= 11 is 3.40. The molecule has 0 saturated heterocycles. The lowest BCUT2D eigenvalue weighted by Gasteiger charge is -2.05. The minimum Gasteiger partial charge on any atom is -0.326 e. The molecule has 0 radical (unpaired) electrons. The van der Waals surface area contributed by atoms with Crippen molar-refractivity contribution in [2.75, 3.05) is 5.32 Å². The molecule has 0 spiro atoms. The molecule has 1 aliphatic rings. The number of carbonyl (C=O) groups is 1. The number of hydrogen-bond donors (Lipinski definition) is 1. The fourth-order valence-corrected chi connectivity index (χ4v) is 2.75. The monoisotopic (exact) mass is 315 g/mol. The van der Waals surface area contributed by atoms with Gasteiger partial charge in [-0.1, -0.05) is 52.3 Å². The van der Waals surface area contributed by atoms with Crippen LogP contribution in [0.15, 0.2) is 59.1 Å². The van der Waals surface area contributed by atoms with Crippen LogP contribution >= 0.6 is 15.9 Å². The highest BCUT2D eigenvalue weighted by atomic mass is 79.9. The van der Waals surface area contributed by atoms with Gasteiger partial charge in [-0.3, -0.25) is 4.79 Å². The Bertz CT molecular complexity index is 597. The molecule has 2 atom stereocenters. The molecule has 3 heteroatoms. The Kier molecular flexibility index (Phi) is 3.38. The van der Waals surface area contributed by atoms with E-state index in [4.69, 9.17) is 0 Å². The van der Waals surface area contributed by atoms with Gasteiger partial charge in [0.25, 0.3) is 0 Å². The summed E-state index contributed by atoms with van der Waals surface area (Å²) in [6.07, 6.45) is 0.948. The highest BCUT2D eigenvalue weighted by Gasteiger charge is 2.43.